The van der Waals surface area contributed by atoms with Crippen molar-refractivity contribution in [1.82, 2.24) is 20.9 Å². The van der Waals surface area contributed by atoms with Crippen molar-refractivity contribution < 1.29 is 14.4 Å². The van der Waals surface area contributed by atoms with E-state index in [1.165, 1.54) is 4.90 Å². The van der Waals surface area contributed by atoms with Gasteiger partial charge in [-0.2, -0.15) is 0 Å². The van der Waals surface area contributed by atoms with Crippen LogP contribution >= 0.6 is 0 Å². The Morgan fingerprint density at radius 2 is 1.83 bits per heavy atom. The van der Waals surface area contributed by atoms with Crippen LogP contribution in [-0.4, -0.2) is 61.9 Å². The molecule has 0 spiro atoms. The molecule has 3 N–H and O–H groups in total. The van der Waals surface area contributed by atoms with E-state index in [4.69, 9.17) is 0 Å². The third-order valence-corrected chi connectivity index (χ3v) is 2.61. The Balaban J connectivity index is 2.23. The van der Waals surface area contributed by atoms with E-state index in [2.05, 4.69) is 16.0 Å². The van der Waals surface area contributed by atoms with Crippen LogP contribution in [0.4, 0.5) is 0 Å². The zero-order valence-corrected chi connectivity index (χ0v) is 10.6. The number of hydrogen-bond acceptors (Lipinski definition) is 4. The number of amides is 3. The lowest BCUT2D eigenvalue weighted by Crippen LogP contribution is -2.51. The van der Waals surface area contributed by atoms with Crippen LogP contribution in [0.2, 0.25) is 0 Å². The fraction of sp³-hybridized carbons (Fsp3) is 0.727. The summed E-state index contributed by atoms with van der Waals surface area (Å²) in [6.45, 7) is 5.07. The van der Waals surface area contributed by atoms with Gasteiger partial charge in [-0.3, -0.25) is 14.4 Å². The number of nitrogens with one attached hydrogen (secondary N) is 3. The van der Waals surface area contributed by atoms with Crippen LogP contribution in [0.15, 0.2) is 0 Å². The van der Waals surface area contributed by atoms with Gasteiger partial charge in [0.1, 0.15) is 0 Å². The van der Waals surface area contributed by atoms with Gasteiger partial charge in [0.25, 0.3) is 0 Å². The SMILES string of the molecule is CCNC(=O)CCNC(=O)C(=O)N1CCNCC1. The van der Waals surface area contributed by atoms with Crippen molar-refractivity contribution in [3.8, 4) is 0 Å². The van der Waals surface area contributed by atoms with E-state index in [9.17, 15) is 14.4 Å². The average molecular weight is 256 g/mol. The monoisotopic (exact) mass is 256 g/mol. The van der Waals surface area contributed by atoms with Crippen molar-refractivity contribution in [2.24, 2.45) is 0 Å². The van der Waals surface area contributed by atoms with Gasteiger partial charge in [0, 0.05) is 45.7 Å². The summed E-state index contributed by atoms with van der Waals surface area (Å²) >= 11 is 0. The molecule has 1 aliphatic rings. The standard InChI is InChI=1S/C11H20N4O3/c1-2-13-9(16)3-4-14-10(17)11(18)15-7-5-12-6-8-15/h12H,2-8H2,1H3,(H,13,16)(H,14,17). The quantitative estimate of drug-likeness (QED) is 0.510. The van der Waals surface area contributed by atoms with Crippen molar-refractivity contribution in [3.05, 3.63) is 0 Å². The smallest absolute Gasteiger partial charge is 0.311 e. The molecule has 0 atom stereocenters. The van der Waals surface area contributed by atoms with E-state index >= 15 is 0 Å². The van der Waals surface area contributed by atoms with E-state index in [-0.39, 0.29) is 18.9 Å². The molecule has 0 radical (unpaired) electrons. The maximum absolute atomic E-state index is 11.7. The summed E-state index contributed by atoms with van der Waals surface area (Å²) in [7, 11) is 0. The second kappa shape index (κ2) is 7.65. The molecule has 7 heteroatoms. The summed E-state index contributed by atoms with van der Waals surface area (Å²) in [6.07, 6.45) is 0.189. The Hall–Kier alpha value is -1.63. The number of hydrogen-bond donors (Lipinski definition) is 3. The fourth-order valence-electron chi connectivity index (χ4n) is 1.66. The Kier molecular flexibility index (Phi) is 6.13. The lowest BCUT2D eigenvalue weighted by molar-refractivity contribution is -0.146. The molecule has 0 aromatic carbocycles. The first-order valence-corrected chi connectivity index (χ1v) is 6.19. The van der Waals surface area contributed by atoms with Crippen molar-refractivity contribution in [2.45, 2.75) is 13.3 Å². The fourth-order valence-corrected chi connectivity index (χ4v) is 1.66. The van der Waals surface area contributed by atoms with Gasteiger partial charge in [0.2, 0.25) is 5.91 Å². The first-order valence-electron chi connectivity index (χ1n) is 6.19. The maximum Gasteiger partial charge on any atom is 0.311 e. The van der Waals surface area contributed by atoms with Gasteiger partial charge < -0.3 is 20.9 Å². The van der Waals surface area contributed by atoms with Crippen LogP contribution in [-0.2, 0) is 14.4 Å². The molecule has 0 aliphatic carbocycles. The molecule has 0 unspecified atom stereocenters. The van der Waals surface area contributed by atoms with Crippen LogP contribution in [0.3, 0.4) is 0 Å². The minimum atomic E-state index is -0.638. The van der Waals surface area contributed by atoms with E-state index in [1.807, 2.05) is 6.92 Å². The van der Waals surface area contributed by atoms with Gasteiger partial charge in [-0.25, -0.2) is 0 Å². The lowest BCUT2D eigenvalue weighted by atomic mass is 10.3. The van der Waals surface area contributed by atoms with Crippen molar-refractivity contribution >= 4 is 17.7 Å². The first kappa shape index (κ1) is 14.4. The van der Waals surface area contributed by atoms with Gasteiger partial charge in [0.15, 0.2) is 0 Å². The molecular weight excluding hydrogens is 236 g/mol. The lowest BCUT2D eigenvalue weighted by Gasteiger charge is -2.26. The van der Waals surface area contributed by atoms with Crippen molar-refractivity contribution in [1.29, 1.82) is 0 Å². The topological polar surface area (TPSA) is 90.5 Å². The molecule has 0 aromatic heterocycles. The molecule has 102 valence electrons. The summed E-state index contributed by atoms with van der Waals surface area (Å²) in [5.41, 5.74) is 0. The first-order chi connectivity index (χ1) is 8.65. The summed E-state index contributed by atoms with van der Waals surface area (Å²) in [5, 5.41) is 8.18. The Bertz CT molecular complexity index is 313. The van der Waals surface area contributed by atoms with Gasteiger partial charge in [-0.1, -0.05) is 0 Å². The predicted molar refractivity (Wildman–Crippen MR) is 65.8 cm³/mol. The van der Waals surface area contributed by atoms with Crippen LogP contribution in [0, 0.1) is 0 Å². The minimum Gasteiger partial charge on any atom is -0.356 e. The maximum atomic E-state index is 11.7. The summed E-state index contributed by atoms with van der Waals surface area (Å²) in [5.74, 6) is -1.29. The van der Waals surface area contributed by atoms with Crippen LogP contribution < -0.4 is 16.0 Å². The second-order valence-electron chi connectivity index (χ2n) is 4.00. The molecule has 1 rings (SSSR count). The largest absolute Gasteiger partial charge is 0.356 e. The van der Waals surface area contributed by atoms with Crippen LogP contribution in [0.5, 0.6) is 0 Å². The number of carbonyl (C=O) groups is 3. The van der Waals surface area contributed by atoms with Gasteiger partial charge in [0.05, 0.1) is 0 Å². The summed E-state index contributed by atoms with van der Waals surface area (Å²) < 4.78 is 0. The molecule has 1 fully saturated rings. The molecule has 0 bridgehead atoms. The van der Waals surface area contributed by atoms with Crippen molar-refractivity contribution in [3.63, 3.8) is 0 Å². The third-order valence-electron chi connectivity index (χ3n) is 2.61. The van der Waals surface area contributed by atoms with E-state index < -0.39 is 11.8 Å². The summed E-state index contributed by atoms with van der Waals surface area (Å²) in [6, 6.07) is 0. The molecule has 3 amide bonds. The normalized spacial score (nSPS) is 15.1. The van der Waals surface area contributed by atoms with Crippen LogP contribution in [0.25, 0.3) is 0 Å². The Morgan fingerprint density at radius 1 is 1.17 bits per heavy atom. The summed E-state index contributed by atoms with van der Waals surface area (Å²) in [4.78, 5) is 35.9. The minimum absolute atomic E-state index is 0.132. The molecule has 1 heterocycles. The molecular formula is C11H20N4O3. The third kappa shape index (κ3) is 4.70. The van der Waals surface area contributed by atoms with Crippen molar-refractivity contribution in [2.75, 3.05) is 39.3 Å². The second-order valence-corrected chi connectivity index (χ2v) is 4.00. The molecule has 1 aliphatic heterocycles. The highest BCUT2D eigenvalue weighted by Gasteiger charge is 2.22. The van der Waals surface area contributed by atoms with E-state index in [1.54, 1.807) is 0 Å². The zero-order valence-electron chi connectivity index (χ0n) is 10.6. The number of piperazine rings is 1. The number of carbonyl (C=O) groups excluding carboxylic acids is 3. The molecule has 0 saturated carbocycles. The predicted octanol–water partition coefficient (Wildman–Crippen LogP) is -1.94. The molecule has 7 nitrogen and oxygen atoms in total. The number of nitrogens with zero attached hydrogens (tertiary/aromatic N) is 1. The molecule has 18 heavy (non-hydrogen) atoms. The van der Waals surface area contributed by atoms with Gasteiger partial charge in [-0.05, 0) is 6.92 Å². The average Bonchev–Trinajstić information content (AvgIpc) is 2.39. The van der Waals surface area contributed by atoms with Gasteiger partial charge >= 0.3 is 11.8 Å². The van der Waals surface area contributed by atoms with E-state index in [0.717, 1.165) is 0 Å². The zero-order chi connectivity index (χ0) is 13.4. The highest BCUT2D eigenvalue weighted by molar-refractivity contribution is 6.35. The van der Waals surface area contributed by atoms with Crippen LogP contribution in [0.1, 0.15) is 13.3 Å². The Morgan fingerprint density at radius 3 is 2.44 bits per heavy atom. The molecule has 1 saturated heterocycles. The van der Waals surface area contributed by atoms with E-state index in [0.29, 0.717) is 32.7 Å². The Labute approximate surface area is 106 Å². The highest BCUT2D eigenvalue weighted by Crippen LogP contribution is 1.93. The highest BCUT2D eigenvalue weighted by atomic mass is 16.2. The molecule has 0 aromatic rings. The number of rotatable bonds is 4. The van der Waals surface area contributed by atoms with Gasteiger partial charge in [-0.15, -0.1) is 0 Å².